The van der Waals surface area contributed by atoms with Crippen LogP contribution in [-0.4, -0.2) is 37.4 Å². The minimum absolute atomic E-state index is 0.118. The summed E-state index contributed by atoms with van der Waals surface area (Å²) in [4.78, 5) is 21.7. The summed E-state index contributed by atoms with van der Waals surface area (Å²) >= 11 is 0. The maximum absolute atomic E-state index is 13.0. The van der Waals surface area contributed by atoms with Crippen LogP contribution in [0.1, 0.15) is 24.7 Å². The van der Waals surface area contributed by atoms with Gasteiger partial charge < -0.3 is 14.0 Å². The van der Waals surface area contributed by atoms with Crippen molar-refractivity contribution in [2.75, 3.05) is 13.2 Å². The van der Waals surface area contributed by atoms with E-state index >= 15 is 0 Å². The van der Waals surface area contributed by atoms with Gasteiger partial charge in [-0.05, 0) is 23.8 Å². The van der Waals surface area contributed by atoms with Crippen molar-refractivity contribution in [3.8, 4) is 11.5 Å². The van der Waals surface area contributed by atoms with Crippen molar-refractivity contribution in [3.63, 3.8) is 0 Å². The average Bonchev–Trinajstić information content (AvgIpc) is 3.01. The van der Waals surface area contributed by atoms with Gasteiger partial charge in [0.1, 0.15) is 0 Å². The second-order valence-electron chi connectivity index (χ2n) is 6.73. The smallest absolute Gasteiger partial charge is 0.261 e. The van der Waals surface area contributed by atoms with E-state index in [4.69, 9.17) is 9.47 Å². The molecule has 0 spiro atoms. The van der Waals surface area contributed by atoms with E-state index in [-0.39, 0.29) is 5.56 Å². The topological polar surface area (TPSA) is 83.5 Å². The lowest BCUT2D eigenvalue weighted by Crippen LogP contribution is -2.21. The summed E-state index contributed by atoms with van der Waals surface area (Å²) in [5.41, 5.74) is 1.55. The number of rotatable bonds is 3. The maximum atomic E-state index is 13.0. The van der Waals surface area contributed by atoms with Crippen LogP contribution in [0.25, 0.3) is 16.7 Å². The van der Waals surface area contributed by atoms with Crippen LogP contribution in [0.3, 0.4) is 0 Å². The molecule has 0 unspecified atom stereocenters. The Balaban J connectivity index is 1.54. The van der Waals surface area contributed by atoms with E-state index in [0.717, 1.165) is 23.5 Å². The lowest BCUT2D eigenvalue weighted by Gasteiger charge is -2.11. The third-order valence-corrected chi connectivity index (χ3v) is 4.83. The Labute approximate surface area is 160 Å². The molecule has 0 atom stereocenters. The monoisotopic (exact) mass is 377 g/mol. The predicted molar refractivity (Wildman–Crippen MR) is 103 cm³/mol. The summed E-state index contributed by atoms with van der Waals surface area (Å²) in [7, 11) is 0. The Hall–Kier alpha value is -3.42. The van der Waals surface area contributed by atoms with Crippen LogP contribution in [0, 0.1) is 0 Å². The van der Waals surface area contributed by atoms with Gasteiger partial charge >= 0.3 is 0 Å². The van der Waals surface area contributed by atoms with Crippen molar-refractivity contribution in [2.24, 2.45) is 0 Å². The highest BCUT2D eigenvalue weighted by Gasteiger charge is 2.13. The van der Waals surface area contributed by atoms with Crippen LogP contribution in [0.5, 0.6) is 11.5 Å². The average molecular weight is 377 g/mol. The molecular formula is C20H19N5O3. The van der Waals surface area contributed by atoms with E-state index in [9.17, 15) is 4.79 Å². The Morgan fingerprint density at radius 2 is 2.00 bits per heavy atom. The molecule has 0 saturated carbocycles. The molecule has 0 amide bonds. The molecule has 0 aliphatic carbocycles. The summed E-state index contributed by atoms with van der Waals surface area (Å²) in [6.07, 6.45) is 4.93. The molecule has 1 aliphatic heterocycles. The van der Waals surface area contributed by atoms with Gasteiger partial charge in [0.05, 0.1) is 30.7 Å². The summed E-state index contributed by atoms with van der Waals surface area (Å²) in [5.74, 6) is 2.68. The number of fused-ring (bicyclic) bond motifs is 4. The first-order valence-electron chi connectivity index (χ1n) is 9.35. The first-order valence-corrected chi connectivity index (χ1v) is 9.35. The molecule has 28 heavy (non-hydrogen) atoms. The van der Waals surface area contributed by atoms with Crippen LogP contribution in [0.2, 0.25) is 0 Å². The van der Waals surface area contributed by atoms with Crippen LogP contribution >= 0.6 is 0 Å². The molecule has 4 aromatic rings. The molecule has 0 N–H and O–H groups in total. The molecule has 0 radical (unpaired) electrons. The molecule has 0 fully saturated rings. The zero-order valence-corrected chi connectivity index (χ0v) is 15.5. The third-order valence-electron chi connectivity index (χ3n) is 4.83. The van der Waals surface area contributed by atoms with Gasteiger partial charge in [-0.25, -0.2) is 4.98 Å². The maximum Gasteiger partial charge on any atom is 0.261 e. The number of aryl methyl sites for hydroxylation is 1. The van der Waals surface area contributed by atoms with E-state index < -0.39 is 0 Å². The summed E-state index contributed by atoms with van der Waals surface area (Å²) in [6, 6.07) is 7.66. The Morgan fingerprint density at radius 3 is 2.86 bits per heavy atom. The van der Waals surface area contributed by atoms with Gasteiger partial charge in [-0.2, -0.15) is 9.50 Å². The van der Waals surface area contributed by atoms with Crippen LogP contribution in [0.15, 0.2) is 41.5 Å². The fourth-order valence-corrected chi connectivity index (χ4v) is 3.38. The van der Waals surface area contributed by atoms with Crippen LogP contribution < -0.4 is 15.0 Å². The zero-order valence-electron chi connectivity index (χ0n) is 15.5. The fraction of sp³-hybridized carbons (Fsp3) is 0.300. The SMILES string of the molecule is CCc1nc2ncc3c(=O)n(Cc4ccc5c(c4)OCCCO5)ccc3n2n1. The summed E-state index contributed by atoms with van der Waals surface area (Å²) in [5, 5.41) is 4.95. The van der Waals surface area contributed by atoms with Gasteiger partial charge in [-0.15, -0.1) is 5.10 Å². The zero-order chi connectivity index (χ0) is 19.1. The minimum Gasteiger partial charge on any atom is -0.490 e. The van der Waals surface area contributed by atoms with Crippen LogP contribution in [-0.2, 0) is 13.0 Å². The number of ether oxygens (including phenoxy) is 2. The second-order valence-corrected chi connectivity index (χ2v) is 6.73. The first-order chi connectivity index (χ1) is 13.7. The molecule has 5 rings (SSSR count). The van der Waals surface area contributed by atoms with Gasteiger partial charge in [-0.3, -0.25) is 4.79 Å². The molecule has 8 nitrogen and oxygen atoms in total. The quantitative estimate of drug-likeness (QED) is 0.544. The van der Waals surface area contributed by atoms with Gasteiger partial charge in [0.15, 0.2) is 17.3 Å². The van der Waals surface area contributed by atoms with E-state index in [1.807, 2.05) is 31.2 Å². The largest absolute Gasteiger partial charge is 0.490 e. The van der Waals surface area contributed by atoms with Gasteiger partial charge in [0.25, 0.3) is 11.3 Å². The lowest BCUT2D eigenvalue weighted by molar-refractivity contribution is 0.297. The molecule has 142 valence electrons. The van der Waals surface area contributed by atoms with Gasteiger partial charge in [0.2, 0.25) is 0 Å². The fourth-order valence-electron chi connectivity index (χ4n) is 3.38. The van der Waals surface area contributed by atoms with E-state index in [1.54, 1.807) is 21.5 Å². The highest BCUT2D eigenvalue weighted by atomic mass is 16.5. The summed E-state index contributed by atoms with van der Waals surface area (Å²) in [6.45, 7) is 3.70. The van der Waals surface area contributed by atoms with Crippen LogP contribution in [0.4, 0.5) is 0 Å². The number of pyridine rings is 1. The molecule has 8 heteroatoms. The van der Waals surface area contributed by atoms with E-state index in [2.05, 4.69) is 15.1 Å². The van der Waals surface area contributed by atoms with Gasteiger partial charge in [-0.1, -0.05) is 13.0 Å². The molecule has 1 aromatic carbocycles. The second kappa shape index (κ2) is 6.63. The predicted octanol–water partition coefficient (Wildman–Crippen LogP) is 2.21. The summed E-state index contributed by atoms with van der Waals surface area (Å²) < 4.78 is 14.7. The molecule has 1 aliphatic rings. The normalized spacial score (nSPS) is 13.8. The van der Waals surface area contributed by atoms with Crippen molar-refractivity contribution >= 4 is 16.7 Å². The van der Waals surface area contributed by atoms with E-state index in [1.165, 1.54) is 0 Å². The number of hydrogen-bond acceptors (Lipinski definition) is 6. The minimum atomic E-state index is -0.118. The van der Waals surface area contributed by atoms with Crippen molar-refractivity contribution in [3.05, 3.63) is 58.4 Å². The standard InChI is InChI=1S/C20H19N5O3/c1-2-18-22-20-21-11-14-15(25(20)23-18)6-7-24(19(14)26)12-13-4-5-16-17(10-13)28-9-3-8-27-16/h4-7,10-11H,2-3,8-9,12H2,1H3. The number of hydrogen-bond donors (Lipinski definition) is 0. The van der Waals surface area contributed by atoms with E-state index in [0.29, 0.717) is 48.7 Å². The highest BCUT2D eigenvalue weighted by Crippen LogP contribution is 2.30. The Bertz CT molecular complexity index is 1240. The Kier molecular flexibility index (Phi) is 3.96. The lowest BCUT2D eigenvalue weighted by atomic mass is 10.2. The Morgan fingerprint density at radius 1 is 1.14 bits per heavy atom. The number of benzene rings is 1. The van der Waals surface area contributed by atoms with Crippen molar-refractivity contribution in [1.29, 1.82) is 0 Å². The highest BCUT2D eigenvalue weighted by molar-refractivity contribution is 5.78. The molecule has 4 heterocycles. The number of nitrogens with zero attached hydrogens (tertiary/aromatic N) is 5. The van der Waals surface area contributed by atoms with Crippen molar-refractivity contribution < 1.29 is 9.47 Å². The van der Waals surface area contributed by atoms with Crippen molar-refractivity contribution in [2.45, 2.75) is 26.3 Å². The molecule has 0 saturated heterocycles. The molecule has 3 aromatic heterocycles. The third kappa shape index (κ3) is 2.77. The number of aromatic nitrogens is 5. The molecular weight excluding hydrogens is 358 g/mol. The molecule has 0 bridgehead atoms. The van der Waals surface area contributed by atoms with Crippen molar-refractivity contribution in [1.82, 2.24) is 24.1 Å². The van der Waals surface area contributed by atoms with Gasteiger partial charge in [0, 0.05) is 25.2 Å². The first kappa shape index (κ1) is 16.7.